The lowest BCUT2D eigenvalue weighted by molar-refractivity contribution is 0.191. The normalized spacial score (nSPS) is 26.8. The van der Waals surface area contributed by atoms with E-state index in [0.717, 1.165) is 0 Å². The summed E-state index contributed by atoms with van der Waals surface area (Å²) in [6, 6.07) is 0. The van der Waals surface area contributed by atoms with Crippen LogP contribution in [0.5, 0.6) is 0 Å². The molecular formula is C12H26N4. The lowest BCUT2D eigenvalue weighted by Gasteiger charge is -2.29. The fraction of sp³-hybridized carbons (Fsp3) is 1.00. The Morgan fingerprint density at radius 1 is 0.812 bits per heavy atom. The van der Waals surface area contributed by atoms with Gasteiger partial charge in [0.2, 0.25) is 0 Å². The molecule has 0 aromatic heterocycles. The van der Waals surface area contributed by atoms with Crippen LogP contribution in [0.4, 0.5) is 0 Å². The number of hydrogen-bond acceptors (Lipinski definition) is 4. The molecule has 2 aliphatic rings. The van der Waals surface area contributed by atoms with Gasteiger partial charge in [0.25, 0.3) is 0 Å². The molecule has 2 aliphatic heterocycles. The van der Waals surface area contributed by atoms with Gasteiger partial charge in [-0.25, -0.2) is 0 Å². The van der Waals surface area contributed by atoms with Crippen molar-refractivity contribution in [2.24, 2.45) is 0 Å². The van der Waals surface area contributed by atoms with Gasteiger partial charge in [0, 0.05) is 52.4 Å². The van der Waals surface area contributed by atoms with Crippen molar-refractivity contribution < 1.29 is 0 Å². The van der Waals surface area contributed by atoms with E-state index in [0.29, 0.717) is 0 Å². The van der Waals surface area contributed by atoms with Crippen molar-refractivity contribution in [3.8, 4) is 0 Å². The van der Waals surface area contributed by atoms with Gasteiger partial charge in [0.1, 0.15) is 0 Å². The van der Waals surface area contributed by atoms with Crippen LogP contribution in [0.1, 0.15) is 6.42 Å². The number of nitrogens with one attached hydrogen (secondary N) is 1. The first-order chi connectivity index (χ1) is 7.84. The number of nitrogens with zero attached hydrogens (tertiary/aromatic N) is 3. The summed E-state index contributed by atoms with van der Waals surface area (Å²) in [4.78, 5) is 7.67. The van der Waals surface area contributed by atoms with Crippen LogP contribution < -0.4 is 5.32 Å². The van der Waals surface area contributed by atoms with E-state index in [2.05, 4.69) is 27.1 Å². The van der Waals surface area contributed by atoms with Crippen LogP contribution in [0.2, 0.25) is 0 Å². The maximum atomic E-state index is 3.41. The van der Waals surface area contributed by atoms with E-state index in [1.54, 1.807) is 0 Å². The molecule has 2 rings (SSSR count). The second kappa shape index (κ2) is 6.55. The third-order valence-corrected chi connectivity index (χ3v) is 3.75. The zero-order valence-corrected chi connectivity index (χ0v) is 10.6. The minimum atomic E-state index is 1.17. The Bertz CT molecular complexity index is 191. The lowest BCUT2D eigenvalue weighted by Crippen LogP contribution is -2.46. The largest absolute Gasteiger partial charge is 0.314 e. The molecule has 0 radical (unpaired) electrons. The summed E-state index contributed by atoms with van der Waals surface area (Å²) in [6.07, 6.45) is 1.33. The molecule has 94 valence electrons. The van der Waals surface area contributed by atoms with Crippen molar-refractivity contribution in [2.45, 2.75) is 6.42 Å². The van der Waals surface area contributed by atoms with Crippen molar-refractivity contribution in [3.05, 3.63) is 0 Å². The maximum absolute atomic E-state index is 3.41. The summed E-state index contributed by atoms with van der Waals surface area (Å²) < 4.78 is 0. The second-order valence-electron chi connectivity index (χ2n) is 5.09. The van der Waals surface area contributed by atoms with Crippen molar-refractivity contribution in [3.63, 3.8) is 0 Å². The van der Waals surface area contributed by atoms with E-state index in [9.17, 15) is 0 Å². The maximum Gasteiger partial charge on any atom is 0.0110 e. The van der Waals surface area contributed by atoms with Crippen LogP contribution in [-0.4, -0.2) is 87.2 Å². The Hall–Kier alpha value is -0.160. The number of piperazine rings is 1. The SMILES string of the molecule is CN1CCCN(CCN2CCNCC2)CC1. The molecule has 16 heavy (non-hydrogen) atoms. The van der Waals surface area contributed by atoms with E-state index in [1.165, 1.54) is 71.9 Å². The third-order valence-electron chi connectivity index (χ3n) is 3.75. The van der Waals surface area contributed by atoms with Crippen molar-refractivity contribution in [1.29, 1.82) is 0 Å². The molecule has 0 unspecified atom stereocenters. The molecule has 4 nitrogen and oxygen atoms in total. The fourth-order valence-corrected chi connectivity index (χ4v) is 2.54. The van der Waals surface area contributed by atoms with Crippen molar-refractivity contribution >= 4 is 0 Å². The van der Waals surface area contributed by atoms with Gasteiger partial charge in [-0.15, -0.1) is 0 Å². The third kappa shape index (κ3) is 4.01. The zero-order valence-electron chi connectivity index (χ0n) is 10.6. The predicted molar refractivity (Wildman–Crippen MR) is 67.9 cm³/mol. The molecule has 4 heteroatoms. The average Bonchev–Trinajstić information content (AvgIpc) is 2.53. The van der Waals surface area contributed by atoms with Crippen LogP contribution in [0.25, 0.3) is 0 Å². The summed E-state index contributed by atoms with van der Waals surface area (Å²) in [5.41, 5.74) is 0. The Kier molecular flexibility index (Phi) is 5.03. The molecule has 0 aliphatic carbocycles. The second-order valence-corrected chi connectivity index (χ2v) is 5.09. The quantitative estimate of drug-likeness (QED) is 0.702. The molecule has 2 heterocycles. The Balaban J connectivity index is 1.64. The highest BCUT2D eigenvalue weighted by atomic mass is 15.2. The standard InChI is InChI=1S/C12H26N4/c1-14-5-2-6-15(10-9-14)11-12-16-7-3-13-4-8-16/h13H,2-12H2,1H3. The van der Waals surface area contributed by atoms with Gasteiger partial charge in [0.05, 0.1) is 0 Å². The topological polar surface area (TPSA) is 21.8 Å². The molecule has 0 aromatic rings. The van der Waals surface area contributed by atoms with E-state index in [1.807, 2.05) is 0 Å². The van der Waals surface area contributed by atoms with E-state index < -0.39 is 0 Å². The van der Waals surface area contributed by atoms with E-state index in [4.69, 9.17) is 0 Å². The molecular weight excluding hydrogens is 200 g/mol. The summed E-state index contributed by atoms with van der Waals surface area (Å²) in [5, 5.41) is 3.41. The van der Waals surface area contributed by atoms with Gasteiger partial charge in [-0.05, 0) is 26.6 Å². The van der Waals surface area contributed by atoms with Crippen LogP contribution >= 0.6 is 0 Å². The molecule has 0 saturated carbocycles. The molecule has 0 spiro atoms. The fourth-order valence-electron chi connectivity index (χ4n) is 2.54. The lowest BCUT2D eigenvalue weighted by atomic mass is 10.3. The van der Waals surface area contributed by atoms with Crippen molar-refractivity contribution in [1.82, 2.24) is 20.0 Å². The average molecular weight is 226 g/mol. The molecule has 2 saturated heterocycles. The molecule has 2 fully saturated rings. The minimum absolute atomic E-state index is 1.17. The smallest absolute Gasteiger partial charge is 0.0110 e. The zero-order chi connectivity index (χ0) is 11.2. The van der Waals surface area contributed by atoms with Gasteiger partial charge in [-0.2, -0.15) is 0 Å². The number of hydrogen-bond donors (Lipinski definition) is 1. The van der Waals surface area contributed by atoms with Crippen LogP contribution in [-0.2, 0) is 0 Å². The van der Waals surface area contributed by atoms with Crippen LogP contribution in [0.15, 0.2) is 0 Å². The van der Waals surface area contributed by atoms with Gasteiger partial charge in [0.15, 0.2) is 0 Å². The van der Waals surface area contributed by atoms with Crippen LogP contribution in [0.3, 0.4) is 0 Å². The summed E-state index contributed by atoms with van der Waals surface area (Å²) in [7, 11) is 2.24. The van der Waals surface area contributed by atoms with E-state index in [-0.39, 0.29) is 0 Å². The molecule has 0 aromatic carbocycles. The first kappa shape index (κ1) is 12.3. The summed E-state index contributed by atoms with van der Waals surface area (Å²) in [5.74, 6) is 0. The van der Waals surface area contributed by atoms with Gasteiger partial charge in [-0.1, -0.05) is 0 Å². The van der Waals surface area contributed by atoms with Gasteiger partial charge < -0.3 is 15.1 Å². The first-order valence-electron chi connectivity index (χ1n) is 6.68. The molecule has 0 amide bonds. The number of likely N-dealkylation sites (N-methyl/N-ethyl adjacent to an activating group) is 1. The summed E-state index contributed by atoms with van der Waals surface area (Å²) >= 11 is 0. The minimum Gasteiger partial charge on any atom is -0.314 e. The molecule has 0 atom stereocenters. The molecule has 1 N–H and O–H groups in total. The van der Waals surface area contributed by atoms with Crippen molar-refractivity contribution in [2.75, 3.05) is 72.5 Å². The highest BCUT2D eigenvalue weighted by molar-refractivity contribution is 4.72. The number of rotatable bonds is 3. The first-order valence-corrected chi connectivity index (χ1v) is 6.68. The Labute approximate surface area is 99.6 Å². The van der Waals surface area contributed by atoms with Gasteiger partial charge in [-0.3, -0.25) is 4.90 Å². The highest BCUT2D eigenvalue weighted by Gasteiger charge is 2.14. The predicted octanol–water partition coefficient (Wildman–Crippen LogP) is -0.471. The van der Waals surface area contributed by atoms with E-state index >= 15 is 0 Å². The monoisotopic (exact) mass is 226 g/mol. The Morgan fingerprint density at radius 3 is 2.25 bits per heavy atom. The summed E-state index contributed by atoms with van der Waals surface area (Å²) in [6.45, 7) is 12.4. The van der Waals surface area contributed by atoms with Crippen LogP contribution in [0, 0.1) is 0 Å². The Morgan fingerprint density at radius 2 is 1.50 bits per heavy atom. The molecule has 0 bridgehead atoms. The highest BCUT2D eigenvalue weighted by Crippen LogP contribution is 2.01. The van der Waals surface area contributed by atoms with Gasteiger partial charge >= 0.3 is 0 Å².